The number of rotatable bonds is 8. The van der Waals surface area contributed by atoms with Gasteiger partial charge in [-0.1, -0.05) is 53.4 Å². The van der Waals surface area contributed by atoms with Gasteiger partial charge in [0, 0.05) is 12.1 Å². The monoisotopic (exact) mass is 340 g/mol. The molecule has 140 valence electrons. The van der Waals surface area contributed by atoms with Gasteiger partial charge in [0.2, 0.25) is 11.8 Å². The molecule has 24 heavy (non-hydrogen) atoms. The Balaban J connectivity index is 2.65. The van der Waals surface area contributed by atoms with Gasteiger partial charge < -0.3 is 22.1 Å². The lowest BCUT2D eigenvalue weighted by Gasteiger charge is -2.35. The number of carbonyl (C=O) groups is 2. The van der Waals surface area contributed by atoms with Crippen LogP contribution in [0.1, 0.15) is 66.2 Å². The van der Waals surface area contributed by atoms with Crippen LogP contribution < -0.4 is 22.1 Å². The largest absolute Gasteiger partial charge is 0.350 e. The van der Waals surface area contributed by atoms with Crippen LogP contribution in [0, 0.1) is 11.8 Å². The zero-order valence-electron chi connectivity index (χ0n) is 15.7. The first-order valence-electron chi connectivity index (χ1n) is 9.43. The standard InChI is InChI=1S/C18H36N4O2/c1-5-11(3)15(19)17(23)21-13-9-7-8-10-14(13)22-18(24)16(20)12(4)6-2/h11-16H,5-10,19-20H2,1-4H3,(H,21,23)(H,22,24)/t11-,12-,13+,14+,15-,16-/m0/s1. The van der Waals surface area contributed by atoms with E-state index in [1.165, 1.54) is 0 Å². The van der Waals surface area contributed by atoms with E-state index in [1.807, 2.05) is 27.7 Å². The highest BCUT2D eigenvalue weighted by Crippen LogP contribution is 2.20. The molecule has 0 aromatic heterocycles. The first-order chi connectivity index (χ1) is 11.3. The lowest BCUT2D eigenvalue weighted by Crippen LogP contribution is -2.59. The molecular weight excluding hydrogens is 304 g/mol. The Morgan fingerprint density at radius 1 is 0.875 bits per heavy atom. The van der Waals surface area contributed by atoms with Crippen LogP contribution in [0.5, 0.6) is 0 Å². The summed E-state index contributed by atoms with van der Waals surface area (Å²) in [5, 5.41) is 6.10. The van der Waals surface area contributed by atoms with Gasteiger partial charge in [-0.2, -0.15) is 0 Å². The maximum atomic E-state index is 12.4. The van der Waals surface area contributed by atoms with Crippen molar-refractivity contribution in [1.29, 1.82) is 0 Å². The summed E-state index contributed by atoms with van der Waals surface area (Å²) in [4.78, 5) is 24.7. The molecule has 1 aliphatic carbocycles. The SMILES string of the molecule is CC[C@H](C)[C@H](N)C(=O)N[C@@H]1CCCC[C@H]1NC(=O)[C@@H](N)[C@@H](C)CC. The Morgan fingerprint density at radius 3 is 1.50 bits per heavy atom. The molecule has 1 fully saturated rings. The van der Waals surface area contributed by atoms with Crippen LogP contribution in [0.4, 0.5) is 0 Å². The number of nitrogens with two attached hydrogens (primary N) is 2. The van der Waals surface area contributed by atoms with Crippen LogP contribution in [0.3, 0.4) is 0 Å². The normalized spacial score (nSPS) is 26.1. The molecular formula is C18H36N4O2. The van der Waals surface area contributed by atoms with Gasteiger partial charge in [-0.25, -0.2) is 0 Å². The molecule has 1 rings (SSSR count). The van der Waals surface area contributed by atoms with Crippen LogP contribution in [0.15, 0.2) is 0 Å². The topological polar surface area (TPSA) is 110 Å². The zero-order valence-corrected chi connectivity index (χ0v) is 15.7. The van der Waals surface area contributed by atoms with Crippen LogP contribution in [0.2, 0.25) is 0 Å². The van der Waals surface area contributed by atoms with Gasteiger partial charge in [0.05, 0.1) is 12.1 Å². The lowest BCUT2D eigenvalue weighted by atomic mass is 9.88. The van der Waals surface area contributed by atoms with E-state index in [0.717, 1.165) is 38.5 Å². The van der Waals surface area contributed by atoms with E-state index < -0.39 is 12.1 Å². The summed E-state index contributed by atoms with van der Waals surface area (Å²) in [5.74, 6) is 0.0318. The third-order valence-electron chi connectivity index (χ3n) is 5.54. The summed E-state index contributed by atoms with van der Waals surface area (Å²) >= 11 is 0. The minimum atomic E-state index is -0.504. The lowest BCUT2D eigenvalue weighted by molar-refractivity contribution is -0.127. The van der Waals surface area contributed by atoms with Crippen molar-refractivity contribution in [2.45, 2.75) is 90.4 Å². The molecule has 1 saturated carbocycles. The summed E-state index contributed by atoms with van der Waals surface area (Å²) < 4.78 is 0. The predicted molar refractivity (Wildman–Crippen MR) is 97.2 cm³/mol. The van der Waals surface area contributed by atoms with Crippen molar-refractivity contribution >= 4 is 11.8 Å². The Morgan fingerprint density at radius 2 is 1.21 bits per heavy atom. The second kappa shape index (κ2) is 9.99. The van der Waals surface area contributed by atoms with Crippen molar-refractivity contribution in [3.05, 3.63) is 0 Å². The van der Waals surface area contributed by atoms with Gasteiger partial charge in [0.1, 0.15) is 0 Å². The van der Waals surface area contributed by atoms with E-state index in [2.05, 4.69) is 10.6 Å². The van der Waals surface area contributed by atoms with Crippen molar-refractivity contribution in [1.82, 2.24) is 10.6 Å². The van der Waals surface area contributed by atoms with Crippen LogP contribution in [-0.4, -0.2) is 36.0 Å². The molecule has 6 nitrogen and oxygen atoms in total. The average Bonchev–Trinajstić information content (AvgIpc) is 2.60. The van der Waals surface area contributed by atoms with Crippen LogP contribution >= 0.6 is 0 Å². The smallest absolute Gasteiger partial charge is 0.237 e. The van der Waals surface area contributed by atoms with Crippen molar-refractivity contribution < 1.29 is 9.59 Å². The van der Waals surface area contributed by atoms with Gasteiger partial charge >= 0.3 is 0 Å². The fourth-order valence-electron chi connectivity index (χ4n) is 3.06. The molecule has 0 aromatic rings. The highest BCUT2D eigenvalue weighted by atomic mass is 16.2. The second-order valence-electron chi connectivity index (χ2n) is 7.34. The van der Waals surface area contributed by atoms with E-state index >= 15 is 0 Å². The summed E-state index contributed by atoms with van der Waals surface area (Å²) in [6, 6.07) is -1.13. The van der Waals surface area contributed by atoms with E-state index in [9.17, 15) is 9.59 Å². The maximum absolute atomic E-state index is 12.4. The van der Waals surface area contributed by atoms with Gasteiger partial charge in [-0.15, -0.1) is 0 Å². The molecule has 1 aliphatic rings. The molecule has 0 unspecified atom stereocenters. The number of amides is 2. The summed E-state index contributed by atoms with van der Waals surface area (Å²) in [7, 11) is 0. The Kier molecular flexibility index (Phi) is 8.70. The molecule has 0 radical (unpaired) electrons. The summed E-state index contributed by atoms with van der Waals surface area (Å²) in [6.45, 7) is 8.01. The molecule has 0 saturated heterocycles. The molecule has 6 atom stereocenters. The number of hydrogen-bond donors (Lipinski definition) is 4. The van der Waals surface area contributed by atoms with E-state index in [4.69, 9.17) is 11.5 Å². The molecule has 0 aliphatic heterocycles. The predicted octanol–water partition coefficient (Wildman–Crippen LogP) is 1.28. The van der Waals surface area contributed by atoms with Gasteiger partial charge in [-0.05, 0) is 24.7 Å². The summed E-state index contributed by atoms with van der Waals surface area (Å²) in [6.07, 6.45) is 5.55. The summed E-state index contributed by atoms with van der Waals surface area (Å²) in [5.41, 5.74) is 12.0. The third kappa shape index (κ3) is 5.74. The molecule has 0 spiro atoms. The van der Waals surface area contributed by atoms with E-state index in [1.54, 1.807) is 0 Å². The number of carbonyl (C=O) groups excluding carboxylic acids is 2. The number of hydrogen-bond acceptors (Lipinski definition) is 4. The molecule has 0 heterocycles. The highest BCUT2D eigenvalue weighted by Gasteiger charge is 2.31. The zero-order chi connectivity index (χ0) is 18.3. The molecule has 0 aromatic carbocycles. The first-order valence-corrected chi connectivity index (χ1v) is 9.43. The third-order valence-corrected chi connectivity index (χ3v) is 5.54. The molecule has 0 bridgehead atoms. The van der Waals surface area contributed by atoms with Gasteiger partial charge in [-0.3, -0.25) is 9.59 Å². The fourth-order valence-corrected chi connectivity index (χ4v) is 3.06. The van der Waals surface area contributed by atoms with Crippen molar-refractivity contribution in [3.63, 3.8) is 0 Å². The van der Waals surface area contributed by atoms with E-state index in [-0.39, 0.29) is 35.7 Å². The fraction of sp³-hybridized carbons (Fsp3) is 0.889. The molecule has 6 heteroatoms. The highest BCUT2D eigenvalue weighted by molar-refractivity contribution is 5.83. The quantitative estimate of drug-likeness (QED) is 0.533. The van der Waals surface area contributed by atoms with Crippen molar-refractivity contribution in [2.24, 2.45) is 23.3 Å². The van der Waals surface area contributed by atoms with E-state index in [0.29, 0.717) is 0 Å². The van der Waals surface area contributed by atoms with Gasteiger partial charge in [0.25, 0.3) is 0 Å². The maximum Gasteiger partial charge on any atom is 0.237 e. The average molecular weight is 341 g/mol. The minimum Gasteiger partial charge on any atom is -0.350 e. The number of nitrogens with one attached hydrogen (secondary N) is 2. The van der Waals surface area contributed by atoms with Crippen LogP contribution in [-0.2, 0) is 9.59 Å². The Bertz CT molecular complexity index is 378. The Labute approximate surface area is 146 Å². The van der Waals surface area contributed by atoms with Crippen molar-refractivity contribution in [2.75, 3.05) is 0 Å². The molecule has 6 N–H and O–H groups in total. The van der Waals surface area contributed by atoms with Crippen LogP contribution in [0.25, 0.3) is 0 Å². The first kappa shape index (κ1) is 20.9. The molecule has 2 amide bonds. The minimum absolute atomic E-state index is 0.0607. The van der Waals surface area contributed by atoms with Crippen molar-refractivity contribution in [3.8, 4) is 0 Å². The van der Waals surface area contributed by atoms with Gasteiger partial charge in [0.15, 0.2) is 0 Å². The Hall–Kier alpha value is -1.14. The second-order valence-corrected chi connectivity index (χ2v) is 7.34.